The molecule has 0 radical (unpaired) electrons. The minimum atomic E-state index is -0.669. The average Bonchev–Trinajstić information content (AvgIpc) is 2.78. The number of non-ortho nitro benzene ring substituents is 1. The van der Waals surface area contributed by atoms with E-state index in [4.69, 9.17) is 16.3 Å². The molecule has 3 aromatic carbocycles. The summed E-state index contributed by atoms with van der Waals surface area (Å²) in [5.74, 6) is 0.334. The molecule has 33 heavy (non-hydrogen) atoms. The fourth-order valence-corrected chi connectivity index (χ4v) is 4.08. The summed E-state index contributed by atoms with van der Waals surface area (Å²) in [5, 5.41) is 15.5. The van der Waals surface area contributed by atoms with E-state index in [9.17, 15) is 19.7 Å². The van der Waals surface area contributed by atoms with Crippen LogP contribution in [0.15, 0.2) is 79.8 Å². The molecular weight excluding hydrogens is 516 g/mol. The predicted molar refractivity (Wildman–Crippen MR) is 128 cm³/mol. The van der Waals surface area contributed by atoms with Gasteiger partial charge in [-0.25, -0.2) is 4.79 Å². The van der Waals surface area contributed by atoms with Crippen molar-refractivity contribution >= 4 is 50.3 Å². The maximum Gasteiger partial charge on any atom is 0.349 e. The van der Waals surface area contributed by atoms with Crippen LogP contribution < -0.4 is 16.0 Å². The van der Waals surface area contributed by atoms with Gasteiger partial charge in [0.25, 0.3) is 11.2 Å². The predicted octanol–water partition coefficient (Wildman–Crippen LogP) is 4.48. The first-order valence-corrected chi connectivity index (χ1v) is 10.6. The molecule has 0 aliphatic carbocycles. The highest BCUT2D eigenvalue weighted by molar-refractivity contribution is 9.10. The Morgan fingerprint density at radius 2 is 1.94 bits per heavy atom. The Kier molecular flexibility index (Phi) is 6.38. The Hall–Kier alpha value is -3.76. The molecule has 0 fully saturated rings. The number of hydrogen-bond donors (Lipinski definition) is 1. The molecule has 0 aliphatic heterocycles. The van der Waals surface area contributed by atoms with Crippen molar-refractivity contribution in [1.82, 2.24) is 9.66 Å². The van der Waals surface area contributed by atoms with Crippen molar-refractivity contribution in [1.29, 1.82) is 0 Å². The van der Waals surface area contributed by atoms with Crippen molar-refractivity contribution in [2.24, 2.45) is 5.10 Å². The molecule has 0 amide bonds. The van der Waals surface area contributed by atoms with Crippen LogP contribution in [0.25, 0.3) is 10.9 Å². The second kappa shape index (κ2) is 9.39. The summed E-state index contributed by atoms with van der Waals surface area (Å²) >= 11 is 9.72. The number of nitrogens with zero attached hydrogens (tertiary/aromatic N) is 3. The molecule has 0 aliphatic rings. The zero-order chi connectivity index (χ0) is 23.5. The number of nitrogens with one attached hydrogen (secondary N) is 1. The third kappa shape index (κ3) is 4.86. The van der Waals surface area contributed by atoms with E-state index in [0.29, 0.717) is 32.3 Å². The third-order valence-corrected chi connectivity index (χ3v) is 5.50. The summed E-state index contributed by atoms with van der Waals surface area (Å²) < 4.78 is 6.97. The van der Waals surface area contributed by atoms with E-state index in [0.717, 1.165) is 4.68 Å². The molecule has 0 spiro atoms. The normalized spacial score (nSPS) is 11.2. The van der Waals surface area contributed by atoms with Gasteiger partial charge in [-0.1, -0.05) is 35.9 Å². The molecule has 11 heteroatoms. The highest BCUT2D eigenvalue weighted by Gasteiger charge is 2.12. The number of para-hydroxylation sites is 1. The highest BCUT2D eigenvalue weighted by Crippen LogP contribution is 2.35. The van der Waals surface area contributed by atoms with Crippen LogP contribution in [0.1, 0.15) is 11.1 Å². The summed E-state index contributed by atoms with van der Waals surface area (Å²) in [6.45, 7) is 0.0648. The molecule has 0 atom stereocenters. The van der Waals surface area contributed by atoms with Gasteiger partial charge in [0.15, 0.2) is 5.75 Å². The van der Waals surface area contributed by atoms with Crippen molar-refractivity contribution in [3.63, 3.8) is 0 Å². The summed E-state index contributed by atoms with van der Waals surface area (Å²) in [4.78, 5) is 37.9. The number of ether oxygens (including phenoxy) is 1. The van der Waals surface area contributed by atoms with E-state index in [-0.39, 0.29) is 17.3 Å². The van der Waals surface area contributed by atoms with E-state index in [1.165, 1.54) is 18.3 Å². The Balaban J connectivity index is 1.58. The van der Waals surface area contributed by atoms with Crippen LogP contribution in [-0.2, 0) is 6.61 Å². The minimum Gasteiger partial charge on any atom is -0.486 e. The third-order valence-electron chi connectivity index (χ3n) is 4.63. The van der Waals surface area contributed by atoms with Crippen LogP contribution in [0.4, 0.5) is 5.69 Å². The van der Waals surface area contributed by atoms with Gasteiger partial charge in [0.05, 0.1) is 31.5 Å². The van der Waals surface area contributed by atoms with Gasteiger partial charge in [0, 0.05) is 12.1 Å². The number of nitro benzene ring substituents is 1. The molecule has 0 unspecified atom stereocenters. The van der Waals surface area contributed by atoms with E-state index in [1.807, 2.05) is 0 Å². The fraction of sp³-hybridized carbons (Fsp3) is 0.0455. The van der Waals surface area contributed by atoms with Gasteiger partial charge in [-0.05, 0) is 51.3 Å². The van der Waals surface area contributed by atoms with E-state index in [1.54, 1.807) is 48.5 Å². The molecule has 9 nitrogen and oxygen atoms in total. The quantitative estimate of drug-likeness (QED) is 0.224. The summed E-state index contributed by atoms with van der Waals surface area (Å²) in [5.41, 5.74) is 0.285. The molecule has 4 rings (SSSR count). The van der Waals surface area contributed by atoms with Gasteiger partial charge < -0.3 is 9.72 Å². The molecule has 0 bridgehead atoms. The molecule has 1 heterocycles. The number of rotatable bonds is 6. The number of nitro groups is 1. The second-order valence-electron chi connectivity index (χ2n) is 6.87. The number of benzene rings is 3. The van der Waals surface area contributed by atoms with Crippen LogP contribution in [0, 0.1) is 10.1 Å². The lowest BCUT2D eigenvalue weighted by molar-refractivity contribution is -0.384. The van der Waals surface area contributed by atoms with Crippen molar-refractivity contribution in [2.45, 2.75) is 6.61 Å². The Morgan fingerprint density at radius 1 is 1.15 bits per heavy atom. The van der Waals surface area contributed by atoms with Gasteiger partial charge in [0.2, 0.25) is 0 Å². The van der Waals surface area contributed by atoms with E-state index in [2.05, 4.69) is 26.0 Å². The van der Waals surface area contributed by atoms with Crippen molar-refractivity contribution in [3.8, 4) is 5.75 Å². The zero-order valence-corrected chi connectivity index (χ0v) is 19.0. The second-order valence-corrected chi connectivity index (χ2v) is 8.13. The lowest BCUT2D eigenvalue weighted by Gasteiger charge is -2.11. The van der Waals surface area contributed by atoms with Gasteiger partial charge >= 0.3 is 5.69 Å². The standard InChI is InChI=1S/C22H14BrClN4O5/c23-17-9-14(11-25-27-21(29)16-6-1-2-7-19(16)26-22(27)30)10-18(24)20(17)33-12-13-4-3-5-15(8-13)28(31)32/h1-11H,12H2,(H,26,30). The average molecular weight is 530 g/mol. The van der Waals surface area contributed by atoms with Crippen molar-refractivity contribution in [2.75, 3.05) is 0 Å². The number of aromatic amines is 1. The zero-order valence-electron chi connectivity index (χ0n) is 16.7. The fourth-order valence-electron chi connectivity index (χ4n) is 3.09. The van der Waals surface area contributed by atoms with Gasteiger partial charge in [-0.3, -0.25) is 14.9 Å². The summed E-state index contributed by atoms with van der Waals surface area (Å²) in [6.07, 6.45) is 1.33. The highest BCUT2D eigenvalue weighted by atomic mass is 79.9. The molecule has 0 saturated carbocycles. The smallest absolute Gasteiger partial charge is 0.349 e. The van der Waals surface area contributed by atoms with Crippen LogP contribution in [0.5, 0.6) is 5.75 Å². The number of halogens is 2. The Bertz CT molecular complexity index is 1510. The van der Waals surface area contributed by atoms with Crippen LogP contribution >= 0.6 is 27.5 Å². The van der Waals surface area contributed by atoms with Crippen molar-refractivity contribution in [3.05, 3.63) is 112 Å². The maximum atomic E-state index is 12.6. The number of fused-ring (bicyclic) bond motifs is 1. The summed E-state index contributed by atoms with van der Waals surface area (Å²) in [7, 11) is 0. The van der Waals surface area contributed by atoms with Crippen LogP contribution in [0.3, 0.4) is 0 Å². The SMILES string of the molecule is O=c1[nH]c2ccccc2c(=O)n1N=Cc1cc(Cl)c(OCc2cccc([N+](=O)[O-])c2)c(Br)c1. The van der Waals surface area contributed by atoms with Crippen molar-refractivity contribution < 1.29 is 9.66 Å². The summed E-state index contributed by atoms with van der Waals surface area (Å²) in [6, 6.07) is 15.9. The first-order chi connectivity index (χ1) is 15.8. The molecule has 0 saturated heterocycles. The number of aromatic nitrogens is 2. The monoisotopic (exact) mass is 528 g/mol. The first-order valence-electron chi connectivity index (χ1n) is 9.47. The van der Waals surface area contributed by atoms with Crippen LogP contribution in [0.2, 0.25) is 5.02 Å². The van der Waals surface area contributed by atoms with Crippen LogP contribution in [-0.4, -0.2) is 20.8 Å². The minimum absolute atomic E-state index is 0.0354. The van der Waals surface area contributed by atoms with Gasteiger partial charge in [0.1, 0.15) is 6.61 Å². The molecule has 1 N–H and O–H groups in total. The maximum absolute atomic E-state index is 12.6. The first kappa shape index (κ1) is 22.4. The lowest BCUT2D eigenvalue weighted by Crippen LogP contribution is -2.32. The van der Waals surface area contributed by atoms with E-state index >= 15 is 0 Å². The lowest BCUT2D eigenvalue weighted by atomic mass is 10.2. The number of H-pyrrole nitrogens is 1. The molecule has 4 aromatic rings. The van der Waals surface area contributed by atoms with E-state index < -0.39 is 16.2 Å². The number of hydrogen-bond acceptors (Lipinski definition) is 6. The molecule has 166 valence electrons. The topological polar surface area (TPSA) is 120 Å². The molecular formula is C22H14BrClN4O5. The Morgan fingerprint density at radius 3 is 2.70 bits per heavy atom. The molecule has 1 aromatic heterocycles. The Labute approximate surface area is 199 Å². The van der Waals surface area contributed by atoms with Gasteiger partial charge in [-0.2, -0.15) is 5.10 Å². The van der Waals surface area contributed by atoms with Gasteiger partial charge in [-0.15, -0.1) is 4.68 Å². The largest absolute Gasteiger partial charge is 0.486 e.